The number of phenols is 1. The highest BCUT2D eigenvalue weighted by Gasteiger charge is 2.41. The number of Topliss-reactive ketones (excluding diaryl/α,β-unsaturated/α-hetero) is 2. The van der Waals surface area contributed by atoms with Gasteiger partial charge in [-0.15, -0.1) is 0 Å². The molecule has 0 aliphatic carbocycles. The van der Waals surface area contributed by atoms with Crippen LogP contribution in [0.25, 0.3) is 0 Å². The molecule has 0 amide bonds. The van der Waals surface area contributed by atoms with Gasteiger partial charge in [-0.1, -0.05) is 40.0 Å². The summed E-state index contributed by atoms with van der Waals surface area (Å²) in [7, 11) is 0. The van der Waals surface area contributed by atoms with Crippen molar-refractivity contribution in [2.75, 3.05) is 13.2 Å². The molecular weight excluding hydrogens is 404 g/mol. The summed E-state index contributed by atoms with van der Waals surface area (Å²) >= 11 is 0. The van der Waals surface area contributed by atoms with Gasteiger partial charge in [0.1, 0.15) is 17.2 Å². The van der Waals surface area contributed by atoms with Crippen LogP contribution in [0.15, 0.2) is 42.5 Å². The van der Waals surface area contributed by atoms with Crippen LogP contribution in [0.3, 0.4) is 0 Å². The zero-order valence-electron chi connectivity index (χ0n) is 19.8. The summed E-state index contributed by atoms with van der Waals surface area (Å²) in [5, 5.41) is 10.5. The highest BCUT2D eigenvalue weighted by molar-refractivity contribution is 6.20. The fourth-order valence-corrected chi connectivity index (χ4v) is 3.61. The largest absolute Gasteiger partial charge is 0.507 e. The van der Waals surface area contributed by atoms with Gasteiger partial charge in [0.2, 0.25) is 0 Å². The number of benzene rings is 2. The van der Waals surface area contributed by atoms with E-state index in [0.29, 0.717) is 43.1 Å². The number of carbonyl (C=O) groups excluding carboxylic acids is 2. The summed E-state index contributed by atoms with van der Waals surface area (Å²) in [5.41, 5.74) is -0.686. The molecule has 0 heterocycles. The molecule has 32 heavy (non-hydrogen) atoms. The number of phenolic OH excluding ortho intramolecular Hbond substituents is 1. The number of hydrogen-bond acceptors (Lipinski definition) is 5. The third kappa shape index (κ3) is 6.35. The van der Waals surface area contributed by atoms with E-state index in [1.54, 1.807) is 43.3 Å². The van der Waals surface area contributed by atoms with Crippen LogP contribution < -0.4 is 9.47 Å². The molecule has 0 radical (unpaired) electrons. The normalized spacial score (nSPS) is 12.8. The number of ketones is 2. The second kappa shape index (κ2) is 12.3. The molecule has 0 aromatic heterocycles. The van der Waals surface area contributed by atoms with Crippen LogP contribution in [0.4, 0.5) is 0 Å². The van der Waals surface area contributed by atoms with Crippen molar-refractivity contribution >= 4 is 11.6 Å². The molecule has 0 bridgehead atoms. The predicted molar refractivity (Wildman–Crippen MR) is 127 cm³/mol. The average Bonchev–Trinajstić information content (AvgIpc) is 2.79. The number of hydrogen-bond donors (Lipinski definition) is 1. The fourth-order valence-electron chi connectivity index (χ4n) is 3.61. The summed E-state index contributed by atoms with van der Waals surface area (Å²) in [6, 6.07) is 11.6. The van der Waals surface area contributed by atoms with E-state index < -0.39 is 5.41 Å². The van der Waals surface area contributed by atoms with E-state index in [0.717, 1.165) is 25.7 Å². The minimum Gasteiger partial charge on any atom is -0.507 e. The SMILES string of the molecule is CCCCOc1ccc(C(=O)C(C)(CCC)C(=O)c2ccc(OCCCC)cc2O)cc1. The molecule has 0 fully saturated rings. The van der Waals surface area contributed by atoms with Crippen molar-refractivity contribution < 1.29 is 24.2 Å². The summed E-state index contributed by atoms with van der Waals surface area (Å²) in [5.74, 6) is 0.403. The minimum absolute atomic E-state index is 0.136. The third-order valence-corrected chi connectivity index (χ3v) is 5.62. The summed E-state index contributed by atoms with van der Waals surface area (Å²) in [6.07, 6.45) is 4.97. The Bertz CT molecular complexity index is 887. The average molecular weight is 441 g/mol. The van der Waals surface area contributed by atoms with Gasteiger partial charge in [-0.3, -0.25) is 9.59 Å². The quantitative estimate of drug-likeness (QED) is 0.203. The molecule has 0 saturated heterocycles. The Morgan fingerprint density at radius 3 is 1.91 bits per heavy atom. The monoisotopic (exact) mass is 440 g/mol. The van der Waals surface area contributed by atoms with E-state index in [1.807, 2.05) is 6.92 Å². The molecular formula is C27H36O5. The van der Waals surface area contributed by atoms with Crippen molar-refractivity contribution in [1.29, 1.82) is 0 Å². The maximum Gasteiger partial charge on any atom is 0.180 e. The molecule has 0 aliphatic rings. The molecule has 5 nitrogen and oxygen atoms in total. The van der Waals surface area contributed by atoms with Gasteiger partial charge in [0.05, 0.1) is 24.2 Å². The number of unbranched alkanes of at least 4 members (excludes halogenated alkanes) is 2. The zero-order chi connectivity index (χ0) is 23.6. The first-order valence-corrected chi connectivity index (χ1v) is 11.7. The van der Waals surface area contributed by atoms with Gasteiger partial charge >= 0.3 is 0 Å². The zero-order valence-corrected chi connectivity index (χ0v) is 19.8. The molecule has 2 aromatic carbocycles. The van der Waals surface area contributed by atoms with Gasteiger partial charge in [0, 0.05) is 11.6 Å². The Morgan fingerprint density at radius 1 is 0.812 bits per heavy atom. The lowest BCUT2D eigenvalue weighted by Gasteiger charge is -2.27. The second-order valence-corrected chi connectivity index (χ2v) is 8.35. The highest BCUT2D eigenvalue weighted by Crippen LogP contribution is 2.36. The standard InChI is InChI=1S/C27H36O5/c1-5-8-17-31-21-12-10-20(11-13-21)25(29)27(4,16-7-3)26(30)23-15-14-22(19-24(23)28)32-18-9-6-2/h10-15,19,28H,5-9,16-18H2,1-4H3. The van der Waals surface area contributed by atoms with Crippen molar-refractivity contribution in [3.8, 4) is 17.2 Å². The highest BCUT2D eigenvalue weighted by atomic mass is 16.5. The Morgan fingerprint density at radius 2 is 1.38 bits per heavy atom. The van der Waals surface area contributed by atoms with Crippen molar-refractivity contribution in [1.82, 2.24) is 0 Å². The molecule has 2 rings (SSSR count). The third-order valence-electron chi connectivity index (χ3n) is 5.62. The summed E-state index contributed by atoms with van der Waals surface area (Å²) in [4.78, 5) is 26.9. The number of carbonyl (C=O) groups is 2. The number of aromatic hydroxyl groups is 1. The maximum atomic E-state index is 13.5. The minimum atomic E-state index is -1.28. The molecule has 5 heteroatoms. The van der Waals surface area contributed by atoms with E-state index in [4.69, 9.17) is 9.47 Å². The van der Waals surface area contributed by atoms with Gasteiger partial charge in [-0.25, -0.2) is 0 Å². The Kier molecular flexibility index (Phi) is 9.76. The molecule has 174 valence electrons. The Hall–Kier alpha value is -2.82. The first-order chi connectivity index (χ1) is 15.4. The van der Waals surface area contributed by atoms with E-state index >= 15 is 0 Å². The van der Waals surface area contributed by atoms with Gasteiger partial charge < -0.3 is 14.6 Å². The van der Waals surface area contributed by atoms with Gasteiger partial charge in [0.25, 0.3) is 0 Å². The lowest BCUT2D eigenvalue weighted by atomic mass is 9.73. The molecule has 0 spiro atoms. The first-order valence-electron chi connectivity index (χ1n) is 11.7. The van der Waals surface area contributed by atoms with Crippen LogP contribution in [0.2, 0.25) is 0 Å². The predicted octanol–water partition coefficient (Wildman–Crippen LogP) is 6.62. The van der Waals surface area contributed by atoms with Crippen LogP contribution in [0.1, 0.15) is 86.9 Å². The van der Waals surface area contributed by atoms with Crippen LogP contribution in [0, 0.1) is 5.41 Å². The smallest absolute Gasteiger partial charge is 0.180 e. The van der Waals surface area contributed by atoms with Gasteiger partial charge in [0.15, 0.2) is 11.6 Å². The lowest BCUT2D eigenvalue weighted by molar-refractivity contribution is 0.0670. The van der Waals surface area contributed by atoms with Crippen molar-refractivity contribution in [3.05, 3.63) is 53.6 Å². The topological polar surface area (TPSA) is 72.8 Å². The van der Waals surface area contributed by atoms with E-state index in [2.05, 4.69) is 13.8 Å². The van der Waals surface area contributed by atoms with E-state index in [1.165, 1.54) is 6.07 Å². The summed E-state index contributed by atoms with van der Waals surface area (Å²) in [6.45, 7) is 8.95. The fraction of sp³-hybridized carbons (Fsp3) is 0.481. The van der Waals surface area contributed by atoms with E-state index in [9.17, 15) is 14.7 Å². The Labute approximate surface area is 191 Å². The Balaban J connectivity index is 2.24. The lowest BCUT2D eigenvalue weighted by Crippen LogP contribution is -2.36. The van der Waals surface area contributed by atoms with Crippen molar-refractivity contribution in [2.24, 2.45) is 5.41 Å². The van der Waals surface area contributed by atoms with Crippen molar-refractivity contribution in [3.63, 3.8) is 0 Å². The van der Waals surface area contributed by atoms with Crippen molar-refractivity contribution in [2.45, 2.75) is 66.2 Å². The molecule has 1 N–H and O–H groups in total. The van der Waals surface area contributed by atoms with Gasteiger partial charge in [-0.2, -0.15) is 0 Å². The number of ether oxygens (including phenoxy) is 2. The molecule has 0 saturated carbocycles. The second-order valence-electron chi connectivity index (χ2n) is 8.35. The van der Waals surface area contributed by atoms with Crippen LogP contribution in [-0.2, 0) is 0 Å². The van der Waals surface area contributed by atoms with Crippen LogP contribution in [-0.4, -0.2) is 29.9 Å². The van der Waals surface area contributed by atoms with E-state index in [-0.39, 0.29) is 22.9 Å². The molecule has 0 aliphatic heterocycles. The van der Waals surface area contributed by atoms with Crippen LogP contribution >= 0.6 is 0 Å². The van der Waals surface area contributed by atoms with Crippen LogP contribution in [0.5, 0.6) is 17.2 Å². The molecule has 1 unspecified atom stereocenters. The maximum absolute atomic E-state index is 13.5. The summed E-state index contributed by atoms with van der Waals surface area (Å²) < 4.78 is 11.3. The van der Waals surface area contributed by atoms with Gasteiger partial charge in [-0.05, 0) is 62.6 Å². The molecule has 1 atom stereocenters. The first kappa shape index (κ1) is 25.4. The number of rotatable bonds is 14. The molecule has 2 aromatic rings.